The first-order valence-corrected chi connectivity index (χ1v) is 6.20. The Morgan fingerprint density at radius 1 is 0.933 bits per heavy atom. The first-order chi connectivity index (χ1) is 7.13. The van der Waals surface area contributed by atoms with E-state index in [1.54, 1.807) is 0 Å². The lowest BCUT2D eigenvalue weighted by molar-refractivity contribution is 0.0778. The average Bonchev–Trinajstić information content (AvgIpc) is 2.14. The van der Waals surface area contributed by atoms with Crippen LogP contribution in [-0.2, 0) is 4.74 Å². The van der Waals surface area contributed by atoms with Gasteiger partial charge in [-0.25, -0.2) is 0 Å². The van der Waals surface area contributed by atoms with E-state index < -0.39 is 0 Å². The second-order valence-corrected chi connectivity index (χ2v) is 4.66. The lowest BCUT2D eigenvalue weighted by Gasteiger charge is -2.04. The zero-order valence-electron chi connectivity index (χ0n) is 10.8. The van der Waals surface area contributed by atoms with E-state index in [0.717, 1.165) is 31.8 Å². The predicted octanol–water partition coefficient (Wildman–Crippen LogP) is 4.02. The van der Waals surface area contributed by atoms with Crippen LogP contribution in [0.15, 0.2) is 0 Å². The summed E-state index contributed by atoms with van der Waals surface area (Å²) in [6.45, 7) is 9.50. The highest BCUT2D eigenvalue weighted by Gasteiger charge is 1.92. The molecule has 0 rings (SSSR count). The van der Waals surface area contributed by atoms with Crippen molar-refractivity contribution in [2.24, 2.45) is 5.92 Å². The van der Waals surface area contributed by atoms with Gasteiger partial charge in [-0.05, 0) is 32.6 Å². The van der Waals surface area contributed by atoms with E-state index in [2.05, 4.69) is 39.5 Å². The van der Waals surface area contributed by atoms with Crippen LogP contribution in [0.5, 0.6) is 0 Å². The third-order valence-corrected chi connectivity index (χ3v) is 2.11. The minimum Gasteiger partial charge on any atom is -0.379 e. The third-order valence-electron chi connectivity index (χ3n) is 2.11. The van der Waals surface area contributed by atoms with Crippen molar-refractivity contribution >= 4 is 0 Å². The van der Waals surface area contributed by atoms with Crippen molar-refractivity contribution in [2.45, 2.75) is 65.9 Å². The Morgan fingerprint density at radius 3 is 2.07 bits per heavy atom. The molecule has 0 saturated heterocycles. The van der Waals surface area contributed by atoms with Crippen LogP contribution in [0.25, 0.3) is 0 Å². The van der Waals surface area contributed by atoms with Gasteiger partial charge in [0, 0.05) is 19.4 Å². The van der Waals surface area contributed by atoms with Gasteiger partial charge in [0.05, 0.1) is 6.10 Å². The third kappa shape index (κ3) is 13.5. The summed E-state index contributed by atoms with van der Waals surface area (Å²) in [5.41, 5.74) is 0. The van der Waals surface area contributed by atoms with E-state index in [1.807, 2.05) is 0 Å². The van der Waals surface area contributed by atoms with Crippen molar-refractivity contribution in [3.05, 3.63) is 0 Å². The van der Waals surface area contributed by atoms with Crippen molar-refractivity contribution < 1.29 is 4.74 Å². The lowest BCUT2D eigenvalue weighted by Crippen LogP contribution is -2.03. The Balaban J connectivity index is 3.17. The Hall–Kier alpha value is -0.480. The zero-order valence-corrected chi connectivity index (χ0v) is 10.8. The summed E-state index contributed by atoms with van der Waals surface area (Å²) < 4.78 is 5.43. The Kier molecular flexibility index (Phi) is 9.73. The highest BCUT2D eigenvalue weighted by Crippen LogP contribution is 2.05. The van der Waals surface area contributed by atoms with Gasteiger partial charge in [0.2, 0.25) is 0 Å². The lowest BCUT2D eigenvalue weighted by atomic mass is 10.1. The number of ether oxygens (including phenoxy) is 1. The standard InChI is InChI=1S/C14H26O/c1-13(2)11-9-7-5-6-8-10-12-15-14(3)4/h13-14H,7-12H2,1-4H3. The van der Waals surface area contributed by atoms with E-state index in [0.29, 0.717) is 6.10 Å². The molecular weight excluding hydrogens is 184 g/mol. The summed E-state index contributed by atoms with van der Waals surface area (Å²) in [5, 5.41) is 0. The van der Waals surface area contributed by atoms with Gasteiger partial charge in [0.25, 0.3) is 0 Å². The molecule has 0 bridgehead atoms. The van der Waals surface area contributed by atoms with Gasteiger partial charge in [0.15, 0.2) is 0 Å². The smallest absolute Gasteiger partial charge is 0.0518 e. The molecule has 0 N–H and O–H groups in total. The van der Waals surface area contributed by atoms with Gasteiger partial charge in [-0.2, -0.15) is 0 Å². The van der Waals surface area contributed by atoms with Crippen molar-refractivity contribution in [1.29, 1.82) is 0 Å². The number of hydrogen-bond donors (Lipinski definition) is 0. The van der Waals surface area contributed by atoms with Crippen LogP contribution in [0.2, 0.25) is 0 Å². The van der Waals surface area contributed by atoms with Crippen LogP contribution in [0.3, 0.4) is 0 Å². The van der Waals surface area contributed by atoms with Gasteiger partial charge in [-0.1, -0.05) is 20.3 Å². The molecule has 15 heavy (non-hydrogen) atoms. The highest BCUT2D eigenvalue weighted by molar-refractivity contribution is 4.98. The molecule has 0 aliphatic heterocycles. The van der Waals surface area contributed by atoms with Crippen molar-refractivity contribution in [3.63, 3.8) is 0 Å². The molecule has 1 nitrogen and oxygen atoms in total. The molecule has 0 aromatic heterocycles. The van der Waals surface area contributed by atoms with Crippen LogP contribution in [0.4, 0.5) is 0 Å². The molecule has 0 saturated carbocycles. The van der Waals surface area contributed by atoms with Gasteiger partial charge in [-0.3, -0.25) is 0 Å². The molecule has 0 heterocycles. The fourth-order valence-corrected chi connectivity index (χ4v) is 1.26. The van der Waals surface area contributed by atoms with Crippen LogP contribution in [0, 0.1) is 17.8 Å². The fourth-order valence-electron chi connectivity index (χ4n) is 1.26. The number of unbranched alkanes of at least 4 members (excludes halogenated alkanes) is 2. The SMILES string of the molecule is CC(C)CCCC#CCCCOC(C)C. The summed E-state index contributed by atoms with van der Waals surface area (Å²) >= 11 is 0. The molecule has 0 aromatic carbocycles. The Bertz CT molecular complexity index is 183. The van der Waals surface area contributed by atoms with E-state index in [1.165, 1.54) is 12.8 Å². The predicted molar refractivity (Wildman–Crippen MR) is 66.8 cm³/mol. The summed E-state index contributed by atoms with van der Waals surface area (Å²) in [6, 6.07) is 0. The molecular formula is C14H26O. The van der Waals surface area contributed by atoms with E-state index >= 15 is 0 Å². The molecule has 0 unspecified atom stereocenters. The maximum Gasteiger partial charge on any atom is 0.0518 e. The van der Waals surface area contributed by atoms with Gasteiger partial charge < -0.3 is 4.74 Å². The van der Waals surface area contributed by atoms with Crippen molar-refractivity contribution in [2.75, 3.05) is 6.61 Å². The first kappa shape index (κ1) is 14.5. The summed E-state index contributed by atoms with van der Waals surface area (Å²) in [5.74, 6) is 7.24. The topological polar surface area (TPSA) is 9.23 Å². The highest BCUT2D eigenvalue weighted by atomic mass is 16.5. The summed E-state index contributed by atoms with van der Waals surface area (Å²) in [6.07, 6.45) is 6.00. The second-order valence-electron chi connectivity index (χ2n) is 4.66. The maximum atomic E-state index is 5.43. The largest absolute Gasteiger partial charge is 0.379 e. The average molecular weight is 210 g/mol. The minimum absolute atomic E-state index is 0.351. The summed E-state index contributed by atoms with van der Waals surface area (Å²) in [7, 11) is 0. The molecule has 0 radical (unpaired) electrons. The molecule has 88 valence electrons. The molecule has 0 amide bonds. The monoisotopic (exact) mass is 210 g/mol. The molecule has 1 heteroatoms. The van der Waals surface area contributed by atoms with Crippen LogP contribution in [0.1, 0.15) is 59.8 Å². The molecule has 0 spiro atoms. The van der Waals surface area contributed by atoms with Gasteiger partial charge >= 0.3 is 0 Å². The van der Waals surface area contributed by atoms with E-state index in [9.17, 15) is 0 Å². The van der Waals surface area contributed by atoms with Crippen LogP contribution < -0.4 is 0 Å². The Morgan fingerprint density at radius 2 is 1.53 bits per heavy atom. The van der Waals surface area contributed by atoms with Crippen molar-refractivity contribution in [1.82, 2.24) is 0 Å². The normalized spacial score (nSPS) is 10.5. The molecule has 0 aromatic rings. The van der Waals surface area contributed by atoms with Crippen molar-refractivity contribution in [3.8, 4) is 11.8 Å². The quantitative estimate of drug-likeness (QED) is 0.455. The maximum absolute atomic E-state index is 5.43. The first-order valence-electron chi connectivity index (χ1n) is 6.20. The number of rotatable bonds is 7. The number of hydrogen-bond acceptors (Lipinski definition) is 1. The summed E-state index contributed by atoms with van der Waals surface area (Å²) in [4.78, 5) is 0. The van der Waals surface area contributed by atoms with Gasteiger partial charge in [-0.15, -0.1) is 11.8 Å². The van der Waals surface area contributed by atoms with E-state index in [-0.39, 0.29) is 0 Å². The van der Waals surface area contributed by atoms with Crippen LogP contribution in [-0.4, -0.2) is 12.7 Å². The van der Waals surface area contributed by atoms with Crippen LogP contribution >= 0.6 is 0 Å². The van der Waals surface area contributed by atoms with E-state index in [4.69, 9.17) is 4.74 Å². The molecule has 0 atom stereocenters. The van der Waals surface area contributed by atoms with Gasteiger partial charge in [0.1, 0.15) is 0 Å². The molecule has 0 aliphatic rings. The Labute approximate surface area is 95.6 Å². The fraction of sp³-hybridized carbons (Fsp3) is 0.857. The molecule has 0 fully saturated rings. The minimum atomic E-state index is 0.351. The zero-order chi connectivity index (χ0) is 11.5. The second kappa shape index (κ2) is 10.1. The molecule has 0 aliphatic carbocycles.